The molecule has 1 aliphatic rings. The van der Waals surface area contributed by atoms with Crippen molar-refractivity contribution in [2.75, 3.05) is 20.3 Å². The fourth-order valence-corrected chi connectivity index (χ4v) is 2.66. The van der Waals surface area contributed by atoms with Crippen LogP contribution in [0.4, 0.5) is 0 Å². The van der Waals surface area contributed by atoms with Gasteiger partial charge in [0, 0.05) is 31.6 Å². The number of nitrogens with zero attached hydrogens (tertiary/aromatic N) is 1. The molecule has 1 heterocycles. The van der Waals surface area contributed by atoms with Crippen molar-refractivity contribution in [1.29, 1.82) is 0 Å². The molecule has 1 N–H and O–H groups in total. The lowest BCUT2D eigenvalue weighted by Gasteiger charge is -2.13. The number of aromatic nitrogens is 1. The van der Waals surface area contributed by atoms with Gasteiger partial charge in [0.25, 0.3) is 0 Å². The van der Waals surface area contributed by atoms with E-state index in [0.717, 1.165) is 19.8 Å². The molecule has 0 saturated heterocycles. The summed E-state index contributed by atoms with van der Waals surface area (Å²) in [7, 11) is 2.07. The summed E-state index contributed by atoms with van der Waals surface area (Å²) in [6, 6.07) is 0.542. The van der Waals surface area contributed by atoms with E-state index in [9.17, 15) is 0 Å². The highest BCUT2D eigenvalue weighted by molar-refractivity contribution is 5.29. The highest BCUT2D eigenvalue weighted by Crippen LogP contribution is 2.29. The monoisotopic (exact) mass is 236 g/mol. The van der Waals surface area contributed by atoms with Gasteiger partial charge >= 0.3 is 0 Å². The molecule has 96 valence electrons. The van der Waals surface area contributed by atoms with Crippen LogP contribution in [0.5, 0.6) is 0 Å². The van der Waals surface area contributed by atoms with E-state index >= 15 is 0 Å². The van der Waals surface area contributed by atoms with Gasteiger partial charge in [-0.2, -0.15) is 0 Å². The van der Waals surface area contributed by atoms with Crippen molar-refractivity contribution in [2.45, 2.75) is 45.2 Å². The number of ether oxygens (including phenoxy) is 1. The zero-order valence-electron chi connectivity index (χ0n) is 11.0. The summed E-state index contributed by atoms with van der Waals surface area (Å²) in [6.45, 7) is 4.63. The van der Waals surface area contributed by atoms with Crippen LogP contribution in [0.25, 0.3) is 0 Å². The molecule has 0 saturated carbocycles. The second-order valence-electron chi connectivity index (χ2n) is 4.76. The van der Waals surface area contributed by atoms with Crippen molar-refractivity contribution in [3.63, 3.8) is 0 Å². The summed E-state index contributed by atoms with van der Waals surface area (Å²) >= 11 is 0. The van der Waals surface area contributed by atoms with Gasteiger partial charge in [-0.3, -0.25) is 0 Å². The predicted molar refractivity (Wildman–Crippen MR) is 70.3 cm³/mol. The first-order valence-corrected chi connectivity index (χ1v) is 6.78. The summed E-state index contributed by atoms with van der Waals surface area (Å²) in [5.41, 5.74) is 3.03. The maximum atomic E-state index is 5.41. The van der Waals surface area contributed by atoms with E-state index < -0.39 is 0 Å². The lowest BCUT2D eigenvalue weighted by Crippen LogP contribution is -2.15. The molecule has 0 bridgehead atoms. The molecule has 3 heteroatoms. The Morgan fingerprint density at radius 3 is 3.06 bits per heavy atom. The quantitative estimate of drug-likeness (QED) is 0.628. The molecule has 0 aliphatic heterocycles. The molecule has 0 aromatic carbocycles. The second-order valence-corrected chi connectivity index (χ2v) is 4.76. The van der Waals surface area contributed by atoms with Gasteiger partial charge in [0.05, 0.1) is 6.61 Å². The SMILES string of the molecule is CCOCCn1cc2c(c1)C(NC)CCCC2. The van der Waals surface area contributed by atoms with Crippen LogP contribution in [0.2, 0.25) is 0 Å². The topological polar surface area (TPSA) is 26.2 Å². The van der Waals surface area contributed by atoms with Crippen molar-refractivity contribution in [1.82, 2.24) is 9.88 Å². The van der Waals surface area contributed by atoms with E-state index in [1.54, 1.807) is 0 Å². The number of nitrogens with one attached hydrogen (secondary N) is 1. The Morgan fingerprint density at radius 1 is 1.41 bits per heavy atom. The van der Waals surface area contributed by atoms with E-state index in [1.165, 1.54) is 36.8 Å². The Balaban J connectivity index is 2.07. The molecule has 3 nitrogen and oxygen atoms in total. The first-order valence-electron chi connectivity index (χ1n) is 6.78. The van der Waals surface area contributed by atoms with Crippen molar-refractivity contribution in [3.8, 4) is 0 Å². The molecule has 1 unspecified atom stereocenters. The van der Waals surface area contributed by atoms with Gasteiger partial charge in [-0.25, -0.2) is 0 Å². The average Bonchev–Trinajstić information content (AvgIpc) is 2.64. The molecule has 0 spiro atoms. The Labute approximate surface area is 104 Å². The largest absolute Gasteiger partial charge is 0.380 e. The van der Waals surface area contributed by atoms with Gasteiger partial charge in [-0.15, -0.1) is 0 Å². The first-order chi connectivity index (χ1) is 8.35. The Hall–Kier alpha value is -0.800. The van der Waals surface area contributed by atoms with Crippen molar-refractivity contribution in [3.05, 3.63) is 23.5 Å². The van der Waals surface area contributed by atoms with Crippen LogP contribution >= 0.6 is 0 Å². The van der Waals surface area contributed by atoms with E-state index in [-0.39, 0.29) is 0 Å². The van der Waals surface area contributed by atoms with Crippen LogP contribution in [-0.2, 0) is 17.7 Å². The van der Waals surface area contributed by atoms with Crippen LogP contribution in [-0.4, -0.2) is 24.8 Å². The van der Waals surface area contributed by atoms with Crippen LogP contribution in [0, 0.1) is 0 Å². The Bertz CT molecular complexity index is 346. The van der Waals surface area contributed by atoms with Crippen LogP contribution in [0.15, 0.2) is 12.4 Å². The molecule has 0 fully saturated rings. The summed E-state index contributed by atoms with van der Waals surface area (Å²) in [6.07, 6.45) is 9.76. The maximum Gasteiger partial charge on any atom is 0.0645 e. The molecule has 1 aromatic heterocycles. The van der Waals surface area contributed by atoms with Gasteiger partial charge in [-0.1, -0.05) is 6.42 Å². The number of hydrogen-bond donors (Lipinski definition) is 1. The lowest BCUT2D eigenvalue weighted by atomic mass is 10.1. The van der Waals surface area contributed by atoms with Crippen molar-refractivity contribution >= 4 is 0 Å². The molecule has 17 heavy (non-hydrogen) atoms. The van der Waals surface area contributed by atoms with Crippen LogP contribution in [0.1, 0.15) is 43.4 Å². The fourth-order valence-electron chi connectivity index (χ4n) is 2.66. The predicted octanol–water partition coefficient (Wildman–Crippen LogP) is 2.51. The average molecular weight is 236 g/mol. The molecular formula is C14H24N2O. The van der Waals surface area contributed by atoms with E-state index in [0.29, 0.717) is 6.04 Å². The molecule has 0 radical (unpaired) electrons. The standard InChI is InChI=1S/C14H24N2O/c1-3-17-9-8-16-10-12-6-4-5-7-14(15-2)13(12)11-16/h10-11,14-15H,3-9H2,1-2H3. The van der Waals surface area contributed by atoms with Crippen molar-refractivity contribution < 1.29 is 4.74 Å². The summed E-state index contributed by atoms with van der Waals surface area (Å²) < 4.78 is 7.70. The highest BCUT2D eigenvalue weighted by Gasteiger charge is 2.18. The molecule has 2 rings (SSSR count). The Kier molecular flexibility index (Phi) is 4.63. The zero-order chi connectivity index (χ0) is 12.1. The van der Waals surface area contributed by atoms with Crippen LogP contribution < -0.4 is 5.32 Å². The molecule has 1 aromatic rings. The smallest absolute Gasteiger partial charge is 0.0645 e. The van der Waals surface area contributed by atoms with Crippen molar-refractivity contribution in [2.24, 2.45) is 0 Å². The summed E-state index contributed by atoms with van der Waals surface area (Å²) in [5, 5.41) is 3.44. The molecule has 1 aliphatic carbocycles. The van der Waals surface area contributed by atoms with Gasteiger partial charge in [-0.05, 0) is 44.4 Å². The number of fused-ring (bicyclic) bond motifs is 1. The third-order valence-corrected chi connectivity index (χ3v) is 3.61. The summed E-state index contributed by atoms with van der Waals surface area (Å²) in [5.74, 6) is 0. The molecule has 0 amide bonds. The Morgan fingerprint density at radius 2 is 2.29 bits per heavy atom. The van der Waals surface area contributed by atoms with E-state index in [1.807, 2.05) is 6.92 Å². The first kappa shape index (κ1) is 12.7. The van der Waals surface area contributed by atoms with Gasteiger partial charge in [0.15, 0.2) is 0 Å². The lowest BCUT2D eigenvalue weighted by molar-refractivity contribution is 0.139. The number of hydrogen-bond acceptors (Lipinski definition) is 2. The normalized spacial score (nSPS) is 20.0. The minimum absolute atomic E-state index is 0.542. The number of rotatable bonds is 5. The van der Waals surface area contributed by atoms with E-state index in [4.69, 9.17) is 4.74 Å². The maximum absolute atomic E-state index is 5.41. The minimum atomic E-state index is 0.542. The zero-order valence-corrected chi connectivity index (χ0v) is 11.0. The minimum Gasteiger partial charge on any atom is -0.380 e. The summed E-state index contributed by atoms with van der Waals surface area (Å²) in [4.78, 5) is 0. The van der Waals surface area contributed by atoms with Crippen LogP contribution in [0.3, 0.4) is 0 Å². The highest BCUT2D eigenvalue weighted by atomic mass is 16.5. The third-order valence-electron chi connectivity index (χ3n) is 3.61. The van der Waals surface area contributed by atoms with Gasteiger partial charge in [0.1, 0.15) is 0 Å². The van der Waals surface area contributed by atoms with Gasteiger partial charge in [0.2, 0.25) is 0 Å². The molecular weight excluding hydrogens is 212 g/mol. The van der Waals surface area contributed by atoms with E-state index in [2.05, 4.69) is 29.3 Å². The second kappa shape index (κ2) is 6.22. The molecule has 1 atom stereocenters. The number of aryl methyl sites for hydroxylation is 1. The van der Waals surface area contributed by atoms with Gasteiger partial charge < -0.3 is 14.6 Å². The third kappa shape index (κ3) is 3.11. The fraction of sp³-hybridized carbons (Fsp3) is 0.714.